The Balaban J connectivity index is 1.53. The molecule has 0 saturated carbocycles. The number of amides is 1. The number of aromatic nitrogens is 2. The number of carbonyl (C=O) groups is 1. The Morgan fingerprint density at radius 1 is 1.07 bits per heavy atom. The highest BCUT2D eigenvalue weighted by Gasteiger charge is 2.19. The molecule has 0 aliphatic carbocycles. The van der Waals surface area contributed by atoms with E-state index in [-0.39, 0.29) is 47.2 Å². The Kier molecular flexibility index (Phi) is 6.20. The van der Waals surface area contributed by atoms with Gasteiger partial charge >= 0.3 is 0 Å². The summed E-state index contributed by atoms with van der Waals surface area (Å²) >= 11 is 0. The minimum atomic E-state index is -3.54. The first-order chi connectivity index (χ1) is 13.4. The van der Waals surface area contributed by atoms with Crippen molar-refractivity contribution >= 4 is 15.7 Å². The lowest BCUT2D eigenvalue weighted by molar-refractivity contribution is -0.121. The minimum Gasteiger partial charge on any atom is -0.350 e. The number of carbonyl (C=O) groups excluding carboxylic acids is 1. The summed E-state index contributed by atoms with van der Waals surface area (Å²) in [6, 6.07) is 17.6. The van der Waals surface area contributed by atoms with E-state index in [0.29, 0.717) is 0 Å². The van der Waals surface area contributed by atoms with Crippen LogP contribution in [0.5, 0.6) is 0 Å². The molecule has 0 aliphatic heterocycles. The van der Waals surface area contributed by atoms with Crippen molar-refractivity contribution < 1.29 is 17.7 Å². The molecule has 3 rings (SSSR count). The first-order valence-corrected chi connectivity index (χ1v) is 10.5. The van der Waals surface area contributed by atoms with Crippen LogP contribution in [0.4, 0.5) is 0 Å². The molecule has 0 saturated heterocycles. The van der Waals surface area contributed by atoms with Gasteiger partial charge in [-0.2, -0.15) is 4.98 Å². The molecule has 0 radical (unpaired) electrons. The monoisotopic (exact) mass is 399 g/mol. The topological polar surface area (TPSA) is 102 Å². The van der Waals surface area contributed by atoms with Crippen molar-refractivity contribution in [3.8, 4) is 0 Å². The molecule has 0 spiro atoms. The van der Waals surface area contributed by atoms with E-state index < -0.39 is 9.84 Å². The number of hydrogen-bond donors (Lipinski definition) is 1. The van der Waals surface area contributed by atoms with Crippen molar-refractivity contribution in [3.05, 3.63) is 77.9 Å². The standard InChI is InChI=1S/C20H21N3O4S/c1-15(16-8-4-2-5-9-16)21-19(24)12-13-20-22-18(23-27-20)14-28(25,26)17-10-6-3-7-11-17/h2-11,15H,12-14H2,1H3,(H,21,24)/t15-/m0/s1. The molecule has 28 heavy (non-hydrogen) atoms. The van der Waals surface area contributed by atoms with Crippen LogP contribution in [0.1, 0.15) is 36.7 Å². The fourth-order valence-electron chi connectivity index (χ4n) is 2.69. The van der Waals surface area contributed by atoms with Crippen molar-refractivity contribution in [2.24, 2.45) is 0 Å². The SMILES string of the molecule is C[C@H](NC(=O)CCc1nc(CS(=O)(=O)c2ccccc2)no1)c1ccccc1. The highest BCUT2D eigenvalue weighted by atomic mass is 32.2. The number of hydrogen-bond acceptors (Lipinski definition) is 6. The normalized spacial score (nSPS) is 12.5. The van der Waals surface area contributed by atoms with E-state index in [9.17, 15) is 13.2 Å². The first kappa shape index (κ1) is 19.8. The van der Waals surface area contributed by atoms with Crippen molar-refractivity contribution in [3.63, 3.8) is 0 Å². The Bertz CT molecular complexity index is 1020. The fraction of sp³-hybridized carbons (Fsp3) is 0.250. The van der Waals surface area contributed by atoms with Gasteiger partial charge in [0.2, 0.25) is 11.8 Å². The summed E-state index contributed by atoms with van der Waals surface area (Å²) in [4.78, 5) is 16.4. The van der Waals surface area contributed by atoms with E-state index in [1.54, 1.807) is 18.2 Å². The van der Waals surface area contributed by atoms with Gasteiger partial charge < -0.3 is 9.84 Å². The van der Waals surface area contributed by atoms with Gasteiger partial charge in [-0.15, -0.1) is 0 Å². The van der Waals surface area contributed by atoms with Gasteiger partial charge in [0, 0.05) is 12.8 Å². The lowest BCUT2D eigenvalue weighted by Crippen LogP contribution is -2.26. The molecular weight excluding hydrogens is 378 g/mol. The molecular formula is C20H21N3O4S. The van der Waals surface area contributed by atoms with E-state index in [2.05, 4.69) is 15.5 Å². The van der Waals surface area contributed by atoms with Crippen molar-refractivity contribution in [2.75, 3.05) is 0 Å². The van der Waals surface area contributed by atoms with E-state index in [0.717, 1.165) is 5.56 Å². The van der Waals surface area contributed by atoms with Crippen LogP contribution in [0.25, 0.3) is 0 Å². The predicted molar refractivity (Wildman–Crippen MR) is 103 cm³/mol. The van der Waals surface area contributed by atoms with E-state index in [1.165, 1.54) is 12.1 Å². The van der Waals surface area contributed by atoms with Gasteiger partial charge in [-0.1, -0.05) is 53.7 Å². The van der Waals surface area contributed by atoms with E-state index in [4.69, 9.17) is 4.52 Å². The van der Waals surface area contributed by atoms with Gasteiger partial charge in [-0.25, -0.2) is 8.42 Å². The minimum absolute atomic E-state index is 0.0805. The predicted octanol–water partition coefficient (Wildman–Crippen LogP) is 2.85. The zero-order valence-corrected chi connectivity index (χ0v) is 16.2. The van der Waals surface area contributed by atoms with Crippen LogP contribution in [-0.2, 0) is 26.8 Å². The van der Waals surface area contributed by atoms with Crippen LogP contribution < -0.4 is 5.32 Å². The van der Waals surface area contributed by atoms with Crippen LogP contribution >= 0.6 is 0 Å². The zero-order chi connectivity index (χ0) is 20.0. The Hall–Kier alpha value is -3.00. The number of sulfone groups is 1. The molecule has 0 fully saturated rings. The second kappa shape index (κ2) is 8.79. The summed E-state index contributed by atoms with van der Waals surface area (Å²) in [6.45, 7) is 1.91. The molecule has 7 nitrogen and oxygen atoms in total. The largest absolute Gasteiger partial charge is 0.350 e. The van der Waals surface area contributed by atoms with Crippen LogP contribution in [0.3, 0.4) is 0 Å². The first-order valence-electron chi connectivity index (χ1n) is 8.87. The Labute approximate surface area is 163 Å². The number of rotatable bonds is 8. The maximum Gasteiger partial charge on any atom is 0.227 e. The number of nitrogens with zero attached hydrogens (tertiary/aromatic N) is 2. The highest BCUT2D eigenvalue weighted by molar-refractivity contribution is 7.90. The lowest BCUT2D eigenvalue weighted by Gasteiger charge is -2.13. The smallest absolute Gasteiger partial charge is 0.227 e. The maximum absolute atomic E-state index is 12.3. The summed E-state index contributed by atoms with van der Waals surface area (Å²) in [5.74, 6) is -0.178. The summed E-state index contributed by atoms with van der Waals surface area (Å²) in [6.07, 6.45) is 0.413. The lowest BCUT2D eigenvalue weighted by atomic mass is 10.1. The molecule has 1 aromatic heterocycles. The number of benzene rings is 2. The molecule has 1 N–H and O–H groups in total. The summed E-state index contributed by atoms with van der Waals surface area (Å²) in [5, 5.41) is 6.62. The van der Waals surface area contributed by atoms with Gasteiger partial charge in [0.1, 0.15) is 5.75 Å². The van der Waals surface area contributed by atoms with Gasteiger partial charge in [0.15, 0.2) is 15.7 Å². The van der Waals surface area contributed by atoms with Crippen LogP contribution in [0.2, 0.25) is 0 Å². The molecule has 1 atom stereocenters. The molecule has 3 aromatic rings. The number of aryl methyl sites for hydroxylation is 1. The third-order valence-corrected chi connectivity index (χ3v) is 5.80. The maximum atomic E-state index is 12.3. The fourth-order valence-corrected chi connectivity index (χ4v) is 3.89. The Morgan fingerprint density at radius 2 is 1.71 bits per heavy atom. The quantitative estimate of drug-likeness (QED) is 0.625. The molecule has 0 unspecified atom stereocenters. The van der Waals surface area contributed by atoms with Crippen LogP contribution in [0, 0.1) is 0 Å². The van der Waals surface area contributed by atoms with Crippen LogP contribution in [0.15, 0.2) is 70.1 Å². The molecule has 0 bridgehead atoms. The summed E-state index contributed by atoms with van der Waals surface area (Å²) < 4.78 is 29.8. The molecule has 0 aliphatic rings. The summed E-state index contributed by atoms with van der Waals surface area (Å²) in [7, 11) is -3.54. The molecule has 1 amide bonds. The van der Waals surface area contributed by atoms with Crippen molar-refractivity contribution in [2.45, 2.75) is 36.5 Å². The van der Waals surface area contributed by atoms with Gasteiger partial charge in [-0.05, 0) is 24.6 Å². The van der Waals surface area contributed by atoms with Gasteiger partial charge in [0.05, 0.1) is 10.9 Å². The average Bonchev–Trinajstić information content (AvgIpc) is 3.14. The molecule has 146 valence electrons. The van der Waals surface area contributed by atoms with Crippen molar-refractivity contribution in [1.29, 1.82) is 0 Å². The third kappa shape index (κ3) is 5.26. The van der Waals surface area contributed by atoms with Gasteiger partial charge in [-0.3, -0.25) is 4.79 Å². The average molecular weight is 399 g/mol. The zero-order valence-electron chi connectivity index (χ0n) is 15.4. The highest BCUT2D eigenvalue weighted by Crippen LogP contribution is 2.15. The second-order valence-electron chi connectivity index (χ2n) is 6.38. The van der Waals surface area contributed by atoms with E-state index >= 15 is 0 Å². The molecule has 2 aromatic carbocycles. The molecule has 1 heterocycles. The van der Waals surface area contributed by atoms with Crippen molar-refractivity contribution in [1.82, 2.24) is 15.5 Å². The Morgan fingerprint density at radius 3 is 2.39 bits per heavy atom. The summed E-state index contributed by atoms with van der Waals surface area (Å²) in [5.41, 5.74) is 1.02. The third-order valence-electron chi connectivity index (χ3n) is 4.17. The van der Waals surface area contributed by atoms with E-state index in [1.807, 2.05) is 37.3 Å². The second-order valence-corrected chi connectivity index (χ2v) is 8.37. The van der Waals surface area contributed by atoms with Crippen LogP contribution in [-0.4, -0.2) is 24.5 Å². The van der Waals surface area contributed by atoms with Gasteiger partial charge in [0.25, 0.3) is 0 Å². The number of nitrogens with one attached hydrogen (secondary N) is 1. The molecule has 8 heteroatoms.